The van der Waals surface area contributed by atoms with Crippen LogP contribution in [0.3, 0.4) is 0 Å². The van der Waals surface area contributed by atoms with Crippen LogP contribution in [0.4, 0.5) is 0 Å². The first-order valence-electron chi connectivity index (χ1n) is 6.10. The maximum Gasteiger partial charge on any atom is 0.303 e. The van der Waals surface area contributed by atoms with Gasteiger partial charge in [-0.15, -0.1) is 0 Å². The van der Waals surface area contributed by atoms with E-state index in [0.717, 1.165) is 11.1 Å². The van der Waals surface area contributed by atoms with E-state index in [1.165, 1.54) is 0 Å². The molecule has 0 aliphatic carbocycles. The molecule has 1 aromatic rings. The number of carboxylic acid groups (broad SMARTS) is 1. The summed E-state index contributed by atoms with van der Waals surface area (Å²) in [5.41, 5.74) is 2.16. The van der Waals surface area contributed by atoms with Crippen LogP contribution in [-0.4, -0.2) is 35.0 Å². The number of carbonyl (C=O) groups excluding carboxylic acids is 1. The molecule has 4 nitrogen and oxygen atoms in total. The Kier molecular flexibility index (Phi) is 3.65. The average Bonchev–Trinajstić information content (AvgIpc) is 2.25. The largest absolute Gasteiger partial charge is 0.481 e. The van der Waals surface area contributed by atoms with Crippen molar-refractivity contribution in [2.75, 3.05) is 13.1 Å². The molecule has 1 heterocycles. The van der Waals surface area contributed by atoms with Gasteiger partial charge in [-0.3, -0.25) is 9.59 Å². The van der Waals surface area contributed by atoms with E-state index in [9.17, 15) is 9.59 Å². The highest BCUT2D eigenvalue weighted by molar-refractivity contribution is 5.80. The lowest BCUT2D eigenvalue weighted by molar-refractivity contribution is -0.144. The van der Waals surface area contributed by atoms with Gasteiger partial charge in [-0.2, -0.15) is 0 Å². The Labute approximate surface area is 106 Å². The number of amides is 1. The lowest BCUT2D eigenvalue weighted by atomic mass is 9.95. The van der Waals surface area contributed by atoms with Gasteiger partial charge in [0.1, 0.15) is 0 Å². The van der Waals surface area contributed by atoms with E-state index >= 15 is 0 Å². The van der Waals surface area contributed by atoms with E-state index in [4.69, 9.17) is 5.11 Å². The van der Waals surface area contributed by atoms with Crippen LogP contribution in [0.15, 0.2) is 24.3 Å². The van der Waals surface area contributed by atoms with Crippen LogP contribution in [0.25, 0.3) is 0 Å². The molecule has 1 saturated heterocycles. The predicted molar refractivity (Wildman–Crippen MR) is 67.2 cm³/mol. The van der Waals surface area contributed by atoms with Crippen molar-refractivity contribution in [3.63, 3.8) is 0 Å². The van der Waals surface area contributed by atoms with Crippen LogP contribution in [0, 0.1) is 12.8 Å². The van der Waals surface area contributed by atoms with Gasteiger partial charge in [0.05, 0.1) is 12.8 Å². The van der Waals surface area contributed by atoms with Crippen molar-refractivity contribution in [1.29, 1.82) is 0 Å². The molecular formula is C14H17NO3. The zero-order chi connectivity index (χ0) is 13.1. The third-order valence-corrected chi connectivity index (χ3v) is 3.38. The molecule has 1 aliphatic heterocycles. The van der Waals surface area contributed by atoms with Gasteiger partial charge >= 0.3 is 5.97 Å². The number of hydrogen-bond acceptors (Lipinski definition) is 2. The number of likely N-dealkylation sites (tertiary alicyclic amines) is 1. The highest BCUT2D eigenvalue weighted by Gasteiger charge is 2.31. The minimum Gasteiger partial charge on any atom is -0.481 e. The van der Waals surface area contributed by atoms with Crippen molar-refractivity contribution in [1.82, 2.24) is 4.90 Å². The lowest BCUT2D eigenvalue weighted by Crippen LogP contribution is -2.51. The summed E-state index contributed by atoms with van der Waals surface area (Å²) in [5.74, 6) is -0.569. The molecule has 1 N–H and O–H groups in total. The number of rotatable bonds is 4. The molecule has 96 valence electrons. The maximum absolute atomic E-state index is 12.0. The van der Waals surface area contributed by atoms with Gasteiger partial charge in [0.15, 0.2) is 0 Å². The van der Waals surface area contributed by atoms with Gasteiger partial charge in [0, 0.05) is 19.0 Å². The lowest BCUT2D eigenvalue weighted by Gasteiger charge is -2.38. The number of carboxylic acids is 1. The molecule has 1 aliphatic rings. The van der Waals surface area contributed by atoms with Gasteiger partial charge in [-0.1, -0.05) is 24.3 Å². The average molecular weight is 247 g/mol. The Morgan fingerprint density at radius 2 is 2.00 bits per heavy atom. The van der Waals surface area contributed by atoms with Gasteiger partial charge in [0.25, 0.3) is 0 Å². The maximum atomic E-state index is 12.0. The van der Waals surface area contributed by atoms with Crippen molar-refractivity contribution in [3.8, 4) is 0 Å². The molecule has 1 amide bonds. The first kappa shape index (κ1) is 12.6. The van der Waals surface area contributed by atoms with E-state index in [0.29, 0.717) is 19.5 Å². The number of benzene rings is 1. The molecule has 0 unspecified atom stereocenters. The summed E-state index contributed by atoms with van der Waals surface area (Å²) in [7, 11) is 0. The smallest absolute Gasteiger partial charge is 0.303 e. The Balaban J connectivity index is 1.84. The van der Waals surface area contributed by atoms with Crippen molar-refractivity contribution >= 4 is 11.9 Å². The summed E-state index contributed by atoms with van der Waals surface area (Å²) in [6.45, 7) is 3.15. The highest BCUT2D eigenvalue weighted by atomic mass is 16.4. The molecule has 0 saturated carbocycles. The van der Waals surface area contributed by atoms with Crippen molar-refractivity contribution in [2.45, 2.75) is 19.8 Å². The molecule has 0 bridgehead atoms. The third kappa shape index (κ3) is 2.88. The minimum absolute atomic E-state index is 0.0888. The number of carbonyl (C=O) groups is 2. The second-order valence-electron chi connectivity index (χ2n) is 4.87. The molecule has 1 fully saturated rings. The molecule has 0 aromatic heterocycles. The molecule has 1 aromatic carbocycles. The van der Waals surface area contributed by atoms with Crippen molar-refractivity contribution in [3.05, 3.63) is 35.4 Å². The van der Waals surface area contributed by atoms with Crippen LogP contribution in [0.2, 0.25) is 0 Å². The third-order valence-electron chi connectivity index (χ3n) is 3.38. The second kappa shape index (κ2) is 5.21. The van der Waals surface area contributed by atoms with Crippen LogP contribution in [0.1, 0.15) is 17.5 Å². The zero-order valence-corrected chi connectivity index (χ0v) is 10.4. The summed E-state index contributed by atoms with van der Waals surface area (Å²) in [5, 5.41) is 8.64. The van der Waals surface area contributed by atoms with Gasteiger partial charge in [-0.05, 0) is 18.1 Å². The Morgan fingerprint density at radius 1 is 1.33 bits per heavy atom. The summed E-state index contributed by atoms with van der Waals surface area (Å²) in [4.78, 5) is 24.2. The van der Waals surface area contributed by atoms with Crippen LogP contribution >= 0.6 is 0 Å². The summed E-state index contributed by atoms with van der Waals surface area (Å²) in [6.07, 6.45) is 0.570. The molecular weight excluding hydrogens is 230 g/mol. The van der Waals surface area contributed by atoms with Crippen molar-refractivity contribution < 1.29 is 14.7 Å². The fourth-order valence-electron chi connectivity index (χ4n) is 2.23. The SMILES string of the molecule is Cc1ccccc1CC(=O)N1CC(CC(=O)O)C1. The second-order valence-corrected chi connectivity index (χ2v) is 4.87. The monoisotopic (exact) mass is 247 g/mol. The summed E-state index contributed by atoms with van der Waals surface area (Å²) < 4.78 is 0. The molecule has 0 radical (unpaired) electrons. The standard InChI is InChI=1S/C14H17NO3/c1-10-4-2-3-5-12(10)7-13(16)15-8-11(9-15)6-14(17)18/h2-5,11H,6-9H2,1H3,(H,17,18). The van der Waals surface area contributed by atoms with E-state index in [-0.39, 0.29) is 18.2 Å². The summed E-state index contributed by atoms with van der Waals surface area (Å²) in [6, 6.07) is 7.84. The van der Waals surface area contributed by atoms with E-state index in [1.807, 2.05) is 31.2 Å². The van der Waals surface area contributed by atoms with Crippen LogP contribution < -0.4 is 0 Å². The van der Waals surface area contributed by atoms with Gasteiger partial charge in [0.2, 0.25) is 5.91 Å². The quantitative estimate of drug-likeness (QED) is 0.876. The van der Waals surface area contributed by atoms with E-state index in [2.05, 4.69) is 0 Å². The molecule has 18 heavy (non-hydrogen) atoms. The van der Waals surface area contributed by atoms with Gasteiger partial charge in [-0.25, -0.2) is 0 Å². The fourth-order valence-corrected chi connectivity index (χ4v) is 2.23. The number of aliphatic carboxylic acids is 1. The van der Waals surface area contributed by atoms with Gasteiger partial charge < -0.3 is 10.0 Å². The number of nitrogens with zero attached hydrogens (tertiary/aromatic N) is 1. The molecule has 2 rings (SSSR count). The predicted octanol–water partition coefficient (Wildman–Crippen LogP) is 1.47. The van der Waals surface area contributed by atoms with Crippen LogP contribution in [-0.2, 0) is 16.0 Å². The Morgan fingerprint density at radius 3 is 2.61 bits per heavy atom. The first-order valence-corrected chi connectivity index (χ1v) is 6.10. The minimum atomic E-state index is -0.786. The van der Waals surface area contributed by atoms with E-state index in [1.54, 1.807) is 4.90 Å². The number of aryl methyl sites for hydroxylation is 1. The highest BCUT2D eigenvalue weighted by Crippen LogP contribution is 2.20. The topological polar surface area (TPSA) is 57.6 Å². The van der Waals surface area contributed by atoms with Crippen molar-refractivity contribution in [2.24, 2.45) is 5.92 Å². The van der Waals surface area contributed by atoms with E-state index < -0.39 is 5.97 Å². The normalized spacial score (nSPS) is 15.3. The Hall–Kier alpha value is -1.84. The molecule has 0 atom stereocenters. The fraction of sp³-hybridized carbons (Fsp3) is 0.429. The molecule has 0 spiro atoms. The zero-order valence-electron chi connectivity index (χ0n) is 10.4. The first-order chi connectivity index (χ1) is 8.56. The summed E-state index contributed by atoms with van der Waals surface area (Å²) >= 11 is 0. The Bertz CT molecular complexity index is 464. The van der Waals surface area contributed by atoms with Crippen LogP contribution in [0.5, 0.6) is 0 Å². The molecule has 4 heteroatoms. The number of hydrogen-bond donors (Lipinski definition) is 1.